The zero-order chi connectivity index (χ0) is 17.6. The number of β-amino-alcohol motifs (C(OH)–C–C–N with tert-alkyl or cyclic N) is 1. The Morgan fingerprint density at radius 3 is 2.08 bits per heavy atom. The van der Waals surface area contributed by atoms with Crippen molar-refractivity contribution in [2.24, 2.45) is 0 Å². The van der Waals surface area contributed by atoms with Crippen LogP contribution in [0.25, 0.3) is 0 Å². The third-order valence-electron chi connectivity index (χ3n) is 4.79. The predicted octanol–water partition coefficient (Wildman–Crippen LogP) is 2.86. The molecule has 5 heteroatoms. The predicted molar refractivity (Wildman–Crippen MR) is 94.3 cm³/mol. The minimum absolute atomic E-state index is 0.228. The summed E-state index contributed by atoms with van der Waals surface area (Å²) in [5.74, 6) is -1.37. The number of piperazine rings is 1. The lowest BCUT2D eigenvalue weighted by Gasteiger charge is -2.35. The average Bonchev–Trinajstić information content (AvgIpc) is 2.62. The van der Waals surface area contributed by atoms with Gasteiger partial charge in [0.15, 0.2) is 0 Å². The van der Waals surface area contributed by atoms with E-state index in [1.165, 1.54) is 23.8 Å². The third-order valence-corrected chi connectivity index (χ3v) is 4.79. The molecule has 3 nitrogen and oxygen atoms in total. The Kier molecular flexibility index (Phi) is 6.13. The number of aliphatic hydroxyl groups excluding tert-OH is 1. The van der Waals surface area contributed by atoms with Gasteiger partial charge in [0.05, 0.1) is 11.7 Å². The first-order chi connectivity index (χ1) is 12.1. The number of rotatable bonds is 6. The SMILES string of the molecule is OC(CN1CCN(CCc2ccccc2)CC1)c1c(F)cccc1F. The topological polar surface area (TPSA) is 26.7 Å². The molecule has 0 aliphatic carbocycles. The van der Waals surface area contributed by atoms with Crippen LogP contribution in [0.4, 0.5) is 8.78 Å². The quantitative estimate of drug-likeness (QED) is 0.871. The largest absolute Gasteiger partial charge is 0.387 e. The molecule has 0 radical (unpaired) electrons. The molecule has 0 spiro atoms. The summed E-state index contributed by atoms with van der Waals surface area (Å²) >= 11 is 0. The van der Waals surface area contributed by atoms with Crippen LogP contribution in [0.15, 0.2) is 48.5 Å². The second kappa shape index (κ2) is 8.52. The van der Waals surface area contributed by atoms with Crippen molar-refractivity contribution in [1.29, 1.82) is 0 Å². The van der Waals surface area contributed by atoms with Crippen molar-refractivity contribution in [2.75, 3.05) is 39.3 Å². The van der Waals surface area contributed by atoms with Gasteiger partial charge in [-0.15, -0.1) is 0 Å². The third kappa shape index (κ3) is 4.84. The van der Waals surface area contributed by atoms with Gasteiger partial charge in [-0.1, -0.05) is 36.4 Å². The maximum Gasteiger partial charge on any atom is 0.131 e. The first kappa shape index (κ1) is 18.0. The van der Waals surface area contributed by atoms with Crippen LogP contribution >= 0.6 is 0 Å². The summed E-state index contributed by atoms with van der Waals surface area (Å²) in [5, 5.41) is 10.2. The maximum atomic E-state index is 13.8. The van der Waals surface area contributed by atoms with E-state index < -0.39 is 17.7 Å². The highest BCUT2D eigenvalue weighted by Gasteiger charge is 2.23. The van der Waals surface area contributed by atoms with Gasteiger partial charge in [-0.2, -0.15) is 0 Å². The van der Waals surface area contributed by atoms with Crippen molar-refractivity contribution >= 4 is 0 Å². The van der Waals surface area contributed by atoms with Gasteiger partial charge in [-0.05, 0) is 24.1 Å². The first-order valence-corrected chi connectivity index (χ1v) is 8.74. The Bertz CT molecular complexity index is 652. The molecule has 0 bridgehead atoms. The number of hydrogen-bond acceptors (Lipinski definition) is 3. The molecular weight excluding hydrogens is 322 g/mol. The number of nitrogens with zero attached hydrogens (tertiary/aromatic N) is 2. The molecule has 1 N–H and O–H groups in total. The summed E-state index contributed by atoms with van der Waals surface area (Å²) in [6.07, 6.45) is -0.124. The summed E-state index contributed by atoms with van der Waals surface area (Å²) in [6, 6.07) is 14.1. The molecule has 1 aliphatic heterocycles. The van der Waals surface area contributed by atoms with E-state index >= 15 is 0 Å². The van der Waals surface area contributed by atoms with Gasteiger partial charge in [0.25, 0.3) is 0 Å². The smallest absolute Gasteiger partial charge is 0.131 e. The van der Waals surface area contributed by atoms with Gasteiger partial charge in [0.1, 0.15) is 11.6 Å². The highest BCUT2D eigenvalue weighted by atomic mass is 19.1. The molecule has 0 amide bonds. The molecule has 2 aromatic carbocycles. The molecule has 0 saturated carbocycles. The van der Waals surface area contributed by atoms with Gasteiger partial charge >= 0.3 is 0 Å². The van der Waals surface area contributed by atoms with Crippen molar-refractivity contribution in [3.8, 4) is 0 Å². The first-order valence-electron chi connectivity index (χ1n) is 8.74. The molecular formula is C20H24F2N2O. The molecule has 2 aromatic rings. The van der Waals surface area contributed by atoms with E-state index in [0.29, 0.717) is 0 Å². The fraction of sp³-hybridized carbons (Fsp3) is 0.400. The summed E-state index contributed by atoms with van der Waals surface area (Å²) < 4.78 is 27.5. The van der Waals surface area contributed by atoms with Crippen LogP contribution in [0.5, 0.6) is 0 Å². The maximum absolute atomic E-state index is 13.8. The molecule has 134 valence electrons. The van der Waals surface area contributed by atoms with E-state index in [1.54, 1.807) is 0 Å². The highest BCUT2D eigenvalue weighted by molar-refractivity contribution is 5.22. The molecule has 1 fully saturated rings. The van der Waals surface area contributed by atoms with Crippen molar-refractivity contribution in [2.45, 2.75) is 12.5 Å². The van der Waals surface area contributed by atoms with E-state index in [9.17, 15) is 13.9 Å². The lowest BCUT2D eigenvalue weighted by Crippen LogP contribution is -2.48. The van der Waals surface area contributed by atoms with E-state index in [2.05, 4.69) is 34.1 Å². The second-order valence-electron chi connectivity index (χ2n) is 6.53. The van der Waals surface area contributed by atoms with Crippen molar-refractivity contribution < 1.29 is 13.9 Å². The molecule has 25 heavy (non-hydrogen) atoms. The van der Waals surface area contributed by atoms with Crippen molar-refractivity contribution in [1.82, 2.24) is 9.80 Å². The Morgan fingerprint density at radius 2 is 1.44 bits per heavy atom. The van der Waals surface area contributed by atoms with Crippen LogP contribution in [0.2, 0.25) is 0 Å². The van der Waals surface area contributed by atoms with E-state index in [1.807, 2.05) is 6.07 Å². The minimum atomic E-state index is -1.14. The zero-order valence-corrected chi connectivity index (χ0v) is 14.2. The van der Waals surface area contributed by atoms with Gasteiger partial charge in [0.2, 0.25) is 0 Å². The second-order valence-corrected chi connectivity index (χ2v) is 6.53. The number of benzene rings is 2. The van der Waals surface area contributed by atoms with E-state index in [0.717, 1.165) is 39.1 Å². The van der Waals surface area contributed by atoms with Gasteiger partial charge in [0, 0.05) is 39.3 Å². The van der Waals surface area contributed by atoms with E-state index in [4.69, 9.17) is 0 Å². The molecule has 3 rings (SSSR count). The lowest BCUT2D eigenvalue weighted by atomic mass is 10.1. The Balaban J connectivity index is 1.46. The van der Waals surface area contributed by atoms with Crippen molar-refractivity contribution in [3.05, 3.63) is 71.3 Å². The minimum Gasteiger partial charge on any atom is -0.387 e. The summed E-state index contributed by atoms with van der Waals surface area (Å²) in [4.78, 5) is 4.45. The molecule has 1 aliphatic rings. The van der Waals surface area contributed by atoms with Gasteiger partial charge in [-0.3, -0.25) is 4.90 Å². The standard InChI is InChI=1S/C20H24F2N2O/c21-17-7-4-8-18(22)20(17)19(25)15-24-13-11-23(12-14-24)10-9-16-5-2-1-3-6-16/h1-8,19,25H,9-15H2. The van der Waals surface area contributed by atoms with Crippen LogP contribution < -0.4 is 0 Å². The summed E-state index contributed by atoms with van der Waals surface area (Å²) in [6.45, 7) is 4.65. The number of hydrogen-bond donors (Lipinski definition) is 1. The number of aliphatic hydroxyl groups is 1. The Hall–Kier alpha value is -1.82. The lowest BCUT2D eigenvalue weighted by molar-refractivity contribution is 0.0695. The highest BCUT2D eigenvalue weighted by Crippen LogP contribution is 2.22. The Labute approximate surface area is 147 Å². The van der Waals surface area contributed by atoms with Gasteiger partial charge < -0.3 is 10.0 Å². The van der Waals surface area contributed by atoms with E-state index in [-0.39, 0.29) is 12.1 Å². The zero-order valence-electron chi connectivity index (χ0n) is 14.2. The number of halogens is 2. The molecule has 0 aromatic heterocycles. The molecule has 1 heterocycles. The van der Waals surface area contributed by atoms with Crippen LogP contribution in [0.3, 0.4) is 0 Å². The fourth-order valence-corrected chi connectivity index (χ4v) is 3.29. The van der Waals surface area contributed by atoms with Crippen LogP contribution in [0, 0.1) is 11.6 Å². The summed E-state index contributed by atoms with van der Waals surface area (Å²) in [7, 11) is 0. The van der Waals surface area contributed by atoms with Crippen LogP contribution in [-0.2, 0) is 6.42 Å². The normalized spacial score (nSPS) is 17.6. The van der Waals surface area contributed by atoms with Crippen LogP contribution in [-0.4, -0.2) is 54.2 Å². The van der Waals surface area contributed by atoms with Gasteiger partial charge in [-0.25, -0.2) is 8.78 Å². The monoisotopic (exact) mass is 346 g/mol. The average molecular weight is 346 g/mol. The van der Waals surface area contributed by atoms with Crippen LogP contribution in [0.1, 0.15) is 17.2 Å². The molecule has 1 unspecified atom stereocenters. The fourth-order valence-electron chi connectivity index (χ4n) is 3.29. The Morgan fingerprint density at radius 1 is 0.840 bits per heavy atom. The van der Waals surface area contributed by atoms with Crippen molar-refractivity contribution in [3.63, 3.8) is 0 Å². The molecule has 1 atom stereocenters. The summed E-state index contributed by atoms with van der Waals surface area (Å²) in [5.41, 5.74) is 1.10. The molecule has 1 saturated heterocycles.